The van der Waals surface area contributed by atoms with E-state index in [1.165, 1.54) is 6.92 Å². The predicted molar refractivity (Wildman–Crippen MR) is 143 cm³/mol. The summed E-state index contributed by atoms with van der Waals surface area (Å²) in [5, 5.41) is 6.85. The lowest BCUT2D eigenvalue weighted by atomic mass is 9.87. The molecule has 1 N–H and O–H groups in total. The number of carbonyl (C=O) groups excluding carboxylic acids is 2. The van der Waals surface area contributed by atoms with Crippen molar-refractivity contribution in [3.63, 3.8) is 0 Å². The lowest BCUT2D eigenvalue weighted by Gasteiger charge is -2.23. The van der Waals surface area contributed by atoms with Crippen LogP contribution in [0.3, 0.4) is 0 Å². The normalized spacial score (nSPS) is 11.8. The molecule has 0 fully saturated rings. The summed E-state index contributed by atoms with van der Waals surface area (Å²) in [6.45, 7) is 5.38. The van der Waals surface area contributed by atoms with Crippen molar-refractivity contribution < 1.29 is 23.8 Å². The first kappa shape index (κ1) is 25.0. The van der Waals surface area contributed by atoms with Gasteiger partial charge in [-0.1, -0.05) is 48.5 Å². The van der Waals surface area contributed by atoms with E-state index in [1.807, 2.05) is 43.3 Å². The van der Waals surface area contributed by atoms with Crippen molar-refractivity contribution in [1.29, 1.82) is 0 Å². The number of methoxy groups -OCH3 is 2. The molecule has 0 radical (unpaired) electrons. The first-order valence-electron chi connectivity index (χ1n) is 12.0. The van der Waals surface area contributed by atoms with Gasteiger partial charge in [-0.2, -0.15) is 0 Å². The van der Waals surface area contributed by atoms with Gasteiger partial charge in [0.1, 0.15) is 17.5 Å². The number of aryl methyl sites for hydroxylation is 1. The summed E-state index contributed by atoms with van der Waals surface area (Å²) in [4.78, 5) is 24.6. The van der Waals surface area contributed by atoms with Gasteiger partial charge in [0.25, 0.3) is 0 Å². The zero-order valence-electron chi connectivity index (χ0n) is 21.3. The molecular formula is C30H31NO5. The van der Waals surface area contributed by atoms with Crippen molar-refractivity contribution in [2.75, 3.05) is 20.8 Å². The van der Waals surface area contributed by atoms with Gasteiger partial charge in [-0.25, -0.2) is 4.79 Å². The number of nitrogens with one attached hydrogen (secondary N) is 1. The highest BCUT2D eigenvalue weighted by Crippen LogP contribution is 2.48. The van der Waals surface area contributed by atoms with Gasteiger partial charge in [-0.3, -0.25) is 4.79 Å². The molecule has 4 rings (SSSR count). The fourth-order valence-corrected chi connectivity index (χ4v) is 4.90. The van der Waals surface area contributed by atoms with Crippen LogP contribution in [0.4, 0.5) is 0 Å². The molecule has 0 aliphatic rings. The quantitative estimate of drug-likeness (QED) is 0.329. The van der Waals surface area contributed by atoms with Crippen LogP contribution in [0.25, 0.3) is 32.7 Å². The van der Waals surface area contributed by atoms with Gasteiger partial charge in [0.2, 0.25) is 5.91 Å². The summed E-state index contributed by atoms with van der Waals surface area (Å²) in [7, 11) is 3.30. The third-order valence-corrected chi connectivity index (χ3v) is 6.30. The van der Waals surface area contributed by atoms with Crippen LogP contribution in [0.1, 0.15) is 25.0 Å². The summed E-state index contributed by atoms with van der Waals surface area (Å²) in [6.07, 6.45) is 0.214. The Kier molecular flexibility index (Phi) is 7.44. The minimum Gasteiger partial charge on any atom is -0.496 e. The lowest BCUT2D eigenvalue weighted by Crippen LogP contribution is -2.42. The first-order valence-corrected chi connectivity index (χ1v) is 12.0. The second kappa shape index (κ2) is 10.7. The molecule has 0 saturated heterocycles. The molecule has 0 bridgehead atoms. The summed E-state index contributed by atoms with van der Waals surface area (Å²) < 4.78 is 17.2. The number of amides is 1. The average molecular weight is 486 g/mol. The van der Waals surface area contributed by atoms with E-state index in [4.69, 9.17) is 14.2 Å². The maximum atomic E-state index is 12.7. The molecule has 0 aromatic heterocycles. The number of hydrogen-bond donors (Lipinski definition) is 1. The Labute approximate surface area is 211 Å². The van der Waals surface area contributed by atoms with Crippen LogP contribution in [-0.2, 0) is 20.7 Å². The van der Waals surface area contributed by atoms with Crippen LogP contribution >= 0.6 is 0 Å². The molecule has 0 heterocycles. The first-order chi connectivity index (χ1) is 17.4. The molecule has 0 saturated carbocycles. The Morgan fingerprint density at radius 3 is 1.97 bits per heavy atom. The zero-order valence-corrected chi connectivity index (χ0v) is 21.3. The highest BCUT2D eigenvalue weighted by atomic mass is 16.5. The fraction of sp³-hybridized carbons (Fsp3) is 0.267. The van der Waals surface area contributed by atoms with E-state index < -0.39 is 12.0 Å². The molecule has 1 amide bonds. The standard InChI is InChI=1S/C30H31NO5/c1-6-36-30(33)25(31-19(3)32)17-22-16-21-12-8-10-14-24(21)27(29(22)35-5)26-23-13-9-7-11-20(23)15-18(2)28(26)34-4/h7-16,25H,6,17H2,1-5H3,(H,31,32). The molecule has 186 valence electrons. The topological polar surface area (TPSA) is 73.9 Å². The van der Waals surface area contributed by atoms with Crippen molar-refractivity contribution in [3.05, 3.63) is 71.8 Å². The van der Waals surface area contributed by atoms with Crippen LogP contribution in [-0.4, -0.2) is 38.7 Å². The minimum absolute atomic E-state index is 0.214. The van der Waals surface area contributed by atoms with Gasteiger partial charge in [-0.05, 0) is 58.7 Å². The second-order valence-corrected chi connectivity index (χ2v) is 8.70. The van der Waals surface area contributed by atoms with E-state index in [9.17, 15) is 9.59 Å². The number of ether oxygens (including phenoxy) is 3. The van der Waals surface area contributed by atoms with Crippen LogP contribution in [0.2, 0.25) is 0 Å². The number of hydrogen-bond acceptors (Lipinski definition) is 5. The Bertz CT molecular complexity index is 1440. The molecule has 0 aliphatic carbocycles. The maximum absolute atomic E-state index is 12.7. The van der Waals surface area contributed by atoms with Crippen LogP contribution in [0.5, 0.6) is 11.5 Å². The Morgan fingerprint density at radius 1 is 0.861 bits per heavy atom. The largest absolute Gasteiger partial charge is 0.496 e. The third kappa shape index (κ3) is 4.71. The second-order valence-electron chi connectivity index (χ2n) is 8.70. The summed E-state index contributed by atoms with van der Waals surface area (Å²) in [6, 6.07) is 19.5. The molecule has 1 unspecified atom stereocenters. The minimum atomic E-state index is -0.846. The van der Waals surface area contributed by atoms with E-state index in [2.05, 4.69) is 29.6 Å². The number of rotatable bonds is 8. The Hall–Kier alpha value is -4.06. The SMILES string of the molecule is CCOC(=O)C(Cc1cc2ccccc2c(-c2c(OC)c(C)cc3ccccc23)c1OC)NC(C)=O. The molecule has 4 aromatic carbocycles. The van der Waals surface area contributed by atoms with Crippen molar-refractivity contribution >= 4 is 33.4 Å². The number of carbonyl (C=O) groups is 2. The van der Waals surface area contributed by atoms with Gasteiger partial charge >= 0.3 is 5.97 Å². The highest BCUT2D eigenvalue weighted by molar-refractivity contribution is 6.10. The molecule has 0 aliphatic heterocycles. The summed E-state index contributed by atoms with van der Waals surface area (Å²) in [5.74, 6) is 0.600. The zero-order chi connectivity index (χ0) is 25.8. The van der Waals surface area contributed by atoms with E-state index in [0.29, 0.717) is 5.75 Å². The number of fused-ring (bicyclic) bond motifs is 2. The molecule has 6 heteroatoms. The van der Waals surface area contributed by atoms with Crippen molar-refractivity contribution in [2.45, 2.75) is 33.2 Å². The van der Waals surface area contributed by atoms with Crippen LogP contribution in [0, 0.1) is 6.92 Å². The Morgan fingerprint density at radius 2 is 1.42 bits per heavy atom. The van der Waals surface area contributed by atoms with Crippen molar-refractivity contribution in [3.8, 4) is 22.6 Å². The molecule has 6 nitrogen and oxygen atoms in total. The van der Waals surface area contributed by atoms with E-state index >= 15 is 0 Å². The molecule has 0 spiro atoms. The summed E-state index contributed by atoms with van der Waals surface area (Å²) in [5.41, 5.74) is 3.60. The van der Waals surface area contributed by atoms with Gasteiger partial charge < -0.3 is 19.5 Å². The smallest absolute Gasteiger partial charge is 0.328 e. The monoisotopic (exact) mass is 485 g/mol. The average Bonchev–Trinajstić information content (AvgIpc) is 2.86. The number of benzene rings is 4. The van der Waals surface area contributed by atoms with Crippen LogP contribution in [0.15, 0.2) is 60.7 Å². The third-order valence-electron chi connectivity index (χ3n) is 6.30. The molecular weight excluding hydrogens is 454 g/mol. The molecule has 1 atom stereocenters. The molecule has 36 heavy (non-hydrogen) atoms. The molecule has 4 aromatic rings. The highest BCUT2D eigenvalue weighted by Gasteiger charge is 2.27. The summed E-state index contributed by atoms with van der Waals surface area (Å²) >= 11 is 0. The lowest BCUT2D eigenvalue weighted by molar-refractivity contribution is -0.147. The van der Waals surface area contributed by atoms with Crippen LogP contribution < -0.4 is 14.8 Å². The van der Waals surface area contributed by atoms with E-state index in [-0.39, 0.29) is 18.9 Å². The fourth-order valence-electron chi connectivity index (χ4n) is 4.90. The predicted octanol–water partition coefficient (Wildman–Crippen LogP) is 5.60. The van der Waals surface area contributed by atoms with Gasteiger partial charge in [0.05, 0.1) is 20.8 Å². The maximum Gasteiger partial charge on any atom is 0.328 e. The van der Waals surface area contributed by atoms with Crippen molar-refractivity contribution in [2.24, 2.45) is 0 Å². The van der Waals surface area contributed by atoms with Gasteiger partial charge in [0, 0.05) is 24.5 Å². The van der Waals surface area contributed by atoms with E-state index in [1.54, 1.807) is 21.1 Å². The van der Waals surface area contributed by atoms with E-state index in [0.717, 1.165) is 49.5 Å². The van der Waals surface area contributed by atoms with Gasteiger partial charge in [0.15, 0.2) is 0 Å². The van der Waals surface area contributed by atoms with Gasteiger partial charge in [-0.15, -0.1) is 0 Å². The number of esters is 1. The van der Waals surface area contributed by atoms with Crippen molar-refractivity contribution in [1.82, 2.24) is 5.32 Å². The Balaban J connectivity index is 2.06.